The molecule has 42 heavy (non-hydrogen) atoms. The van der Waals surface area contributed by atoms with Gasteiger partial charge in [-0.25, -0.2) is 4.79 Å². The molecule has 0 aromatic heterocycles. The lowest BCUT2D eigenvalue weighted by atomic mass is 9.86. The van der Waals surface area contributed by atoms with Crippen LogP contribution in [-0.2, 0) is 57.2 Å². The fourth-order valence-electron chi connectivity index (χ4n) is 5.14. The maximum atomic E-state index is 13.0. The highest BCUT2D eigenvalue weighted by molar-refractivity contribution is 5.88. The largest absolute Gasteiger partial charge is 0.477 e. The van der Waals surface area contributed by atoms with Crippen molar-refractivity contribution < 1.29 is 57.2 Å². The standard InChI is InChI=1S/C29H41NO12/c1-16(31)30-24-25(40-19(4)34)22(14-10-13-21-11-8-7-9-12-21)26(29(36)37-6)42-28(24)27(41-20(5)35)23(39-18(3)33)15-38-17(2)32/h10,13,21,23-25,27-28H,7-9,11-12,14-15H2,1-6H3,(H,30,31)/b13-10+/t23-,24-,25+,27-,28-/m1/s1. The fraction of sp³-hybridized carbons (Fsp3) is 0.655. The normalized spacial score (nSPS) is 22.3. The first-order valence-corrected chi connectivity index (χ1v) is 13.9. The average molecular weight is 596 g/mol. The lowest BCUT2D eigenvalue weighted by Gasteiger charge is -2.43. The molecule has 2 aliphatic rings. The minimum absolute atomic E-state index is 0.112. The summed E-state index contributed by atoms with van der Waals surface area (Å²) in [6, 6.07) is -1.24. The van der Waals surface area contributed by atoms with Gasteiger partial charge in [-0.05, 0) is 25.2 Å². The van der Waals surface area contributed by atoms with Crippen LogP contribution in [0.4, 0.5) is 0 Å². The van der Waals surface area contributed by atoms with Gasteiger partial charge in [0.1, 0.15) is 12.6 Å². The lowest BCUT2D eigenvalue weighted by Crippen LogP contribution is -2.63. The van der Waals surface area contributed by atoms with Crippen LogP contribution in [0.3, 0.4) is 0 Å². The van der Waals surface area contributed by atoms with E-state index < -0.39 is 72.8 Å². The van der Waals surface area contributed by atoms with Crippen LogP contribution in [0.5, 0.6) is 0 Å². The predicted octanol–water partition coefficient (Wildman–Crippen LogP) is 2.20. The van der Waals surface area contributed by atoms with Crippen LogP contribution in [0, 0.1) is 5.92 Å². The number of rotatable bonds is 12. The molecule has 0 saturated heterocycles. The quantitative estimate of drug-likeness (QED) is 0.199. The maximum absolute atomic E-state index is 13.0. The number of hydrogen-bond acceptors (Lipinski definition) is 12. The number of methoxy groups -OCH3 is 1. The van der Waals surface area contributed by atoms with Crippen molar-refractivity contribution in [2.75, 3.05) is 13.7 Å². The van der Waals surface area contributed by atoms with E-state index in [1.807, 2.05) is 12.2 Å². The number of esters is 5. The summed E-state index contributed by atoms with van der Waals surface area (Å²) in [5.74, 6) is -4.51. The van der Waals surface area contributed by atoms with Gasteiger partial charge in [0.15, 0.2) is 24.4 Å². The topological polar surface area (TPSA) is 170 Å². The number of nitrogens with one attached hydrogen (secondary N) is 1. The Hall–Kier alpha value is -3.90. The molecule has 13 heteroatoms. The van der Waals surface area contributed by atoms with Crippen LogP contribution < -0.4 is 5.32 Å². The number of allylic oxidation sites excluding steroid dienone is 2. The second kappa shape index (κ2) is 16.5. The molecule has 0 unspecified atom stereocenters. The van der Waals surface area contributed by atoms with Gasteiger partial charge >= 0.3 is 29.8 Å². The molecule has 0 aromatic rings. The third kappa shape index (κ3) is 10.5. The Bertz CT molecular complexity index is 1070. The molecule has 1 amide bonds. The fourth-order valence-corrected chi connectivity index (χ4v) is 5.14. The second-order valence-corrected chi connectivity index (χ2v) is 10.2. The molecule has 234 valence electrons. The van der Waals surface area contributed by atoms with Gasteiger partial charge in [0.05, 0.1) is 7.11 Å². The van der Waals surface area contributed by atoms with Gasteiger partial charge in [0, 0.05) is 40.2 Å². The van der Waals surface area contributed by atoms with Crippen molar-refractivity contribution in [2.24, 2.45) is 5.92 Å². The Kier molecular flexibility index (Phi) is 13.5. The monoisotopic (exact) mass is 595 g/mol. The molecule has 1 saturated carbocycles. The van der Waals surface area contributed by atoms with E-state index in [1.54, 1.807) is 0 Å². The average Bonchev–Trinajstić information content (AvgIpc) is 2.90. The van der Waals surface area contributed by atoms with Gasteiger partial charge in [-0.3, -0.25) is 24.0 Å². The molecule has 1 fully saturated rings. The molecular weight excluding hydrogens is 554 g/mol. The number of ether oxygens (including phenoxy) is 6. The minimum atomic E-state index is -1.54. The Balaban J connectivity index is 2.69. The zero-order valence-electron chi connectivity index (χ0n) is 25.0. The van der Waals surface area contributed by atoms with Crippen LogP contribution in [0.1, 0.15) is 73.1 Å². The van der Waals surface area contributed by atoms with Crippen LogP contribution in [-0.4, -0.2) is 79.9 Å². The highest BCUT2D eigenvalue weighted by Crippen LogP contribution is 2.35. The Morgan fingerprint density at radius 2 is 1.55 bits per heavy atom. The third-order valence-corrected chi connectivity index (χ3v) is 6.76. The summed E-state index contributed by atoms with van der Waals surface area (Å²) in [5, 5.41) is 2.67. The molecule has 1 N–H and O–H groups in total. The van der Waals surface area contributed by atoms with Crippen molar-refractivity contribution in [3.05, 3.63) is 23.5 Å². The van der Waals surface area contributed by atoms with Crippen LogP contribution in [0.25, 0.3) is 0 Å². The van der Waals surface area contributed by atoms with E-state index in [-0.39, 0.29) is 17.8 Å². The van der Waals surface area contributed by atoms with Crippen LogP contribution in [0.15, 0.2) is 23.5 Å². The van der Waals surface area contributed by atoms with Gasteiger partial charge in [-0.2, -0.15) is 0 Å². The SMILES string of the molecule is COC(=O)C1=C(C/C=C/C2CCCCC2)[C@H](OC(C)=O)[C@@H](NC(C)=O)[C@H]([C@H](OC(C)=O)[C@@H](COC(C)=O)OC(C)=O)O1. The summed E-state index contributed by atoms with van der Waals surface area (Å²) in [5.41, 5.74) is 0.213. The molecular formula is C29H41NO12. The summed E-state index contributed by atoms with van der Waals surface area (Å²) in [6.07, 6.45) is 3.76. The first-order chi connectivity index (χ1) is 19.8. The molecule has 0 aromatic carbocycles. The summed E-state index contributed by atoms with van der Waals surface area (Å²) < 4.78 is 32.6. The van der Waals surface area contributed by atoms with Crippen LogP contribution >= 0.6 is 0 Å². The Morgan fingerprint density at radius 3 is 2.07 bits per heavy atom. The molecule has 1 aliphatic heterocycles. The smallest absolute Gasteiger partial charge is 0.373 e. The highest BCUT2D eigenvalue weighted by atomic mass is 16.6. The summed E-state index contributed by atoms with van der Waals surface area (Å²) in [4.78, 5) is 73.6. The number of hydrogen-bond donors (Lipinski definition) is 1. The van der Waals surface area contributed by atoms with Gasteiger partial charge in [-0.1, -0.05) is 31.4 Å². The Morgan fingerprint density at radius 1 is 0.905 bits per heavy atom. The maximum Gasteiger partial charge on any atom is 0.373 e. The molecule has 2 rings (SSSR count). The van der Waals surface area contributed by atoms with Crippen molar-refractivity contribution in [3.63, 3.8) is 0 Å². The molecule has 1 aliphatic carbocycles. The molecule has 1 heterocycles. The molecule has 13 nitrogen and oxygen atoms in total. The zero-order valence-corrected chi connectivity index (χ0v) is 25.0. The molecule has 0 bridgehead atoms. The zero-order chi connectivity index (χ0) is 31.4. The number of carbonyl (C=O) groups excluding carboxylic acids is 6. The second-order valence-electron chi connectivity index (χ2n) is 10.2. The van der Waals surface area contributed by atoms with E-state index in [4.69, 9.17) is 28.4 Å². The van der Waals surface area contributed by atoms with Crippen molar-refractivity contribution in [1.29, 1.82) is 0 Å². The van der Waals surface area contributed by atoms with Crippen molar-refractivity contribution in [1.82, 2.24) is 5.32 Å². The van der Waals surface area contributed by atoms with E-state index in [9.17, 15) is 28.8 Å². The highest BCUT2D eigenvalue weighted by Gasteiger charge is 2.51. The first-order valence-electron chi connectivity index (χ1n) is 13.9. The first kappa shape index (κ1) is 34.3. The predicted molar refractivity (Wildman–Crippen MR) is 145 cm³/mol. The lowest BCUT2D eigenvalue weighted by molar-refractivity contribution is -0.192. The van der Waals surface area contributed by atoms with E-state index in [2.05, 4.69) is 5.32 Å². The number of carbonyl (C=O) groups is 6. The third-order valence-electron chi connectivity index (χ3n) is 6.76. The van der Waals surface area contributed by atoms with Crippen molar-refractivity contribution >= 4 is 35.8 Å². The van der Waals surface area contributed by atoms with E-state index in [1.165, 1.54) is 13.3 Å². The Labute approximate surface area is 245 Å². The van der Waals surface area contributed by atoms with Gasteiger partial charge in [0.2, 0.25) is 11.7 Å². The van der Waals surface area contributed by atoms with Gasteiger partial charge in [-0.15, -0.1) is 0 Å². The van der Waals surface area contributed by atoms with E-state index in [0.29, 0.717) is 5.92 Å². The van der Waals surface area contributed by atoms with Gasteiger partial charge in [0.25, 0.3) is 0 Å². The van der Waals surface area contributed by atoms with Gasteiger partial charge < -0.3 is 33.7 Å². The minimum Gasteiger partial charge on any atom is -0.477 e. The molecule has 0 radical (unpaired) electrons. The molecule has 0 spiro atoms. The summed E-state index contributed by atoms with van der Waals surface area (Å²) >= 11 is 0. The summed E-state index contributed by atoms with van der Waals surface area (Å²) in [7, 11) is 1.13. The number of amides is 1. The van der Waals surface area contributed by atoms with Crippen molar-refractivity contribution in [3.8, 4) is 0 Å². The van der Waals surface area contributed by atoms with Crippen molar-refractivity contribution in [2.45, 2.75) is 104 Å². The van der Waals surface area contributed by atoms with Crippen LogP contribution in [0.2, 0.25) is 0 Å². The van der Waals surface area contributed by atoms with E-state index in [0.717, 1.165) is 60.5 Å². The molecule has 5 atom stereocenters. The summed E-state index contributed by atoms with van der Waals surface area (Å²) in [6.45, 7) is 5.14. The van der Waals surface area contributed by atoms with E-state index >= 15 is 0 Å².